The fourth-order valence-electron chi connectivity index (χ4n) is 7.53. The maximum absolute atomic E-state index is 13.0. The number of likely N-dealkylation sites (tertiary alicyclic amines) is 2. The number of rotatable bonds is 10. The van der Waals surface area contributed by atoms with Gasteiger partial charge in [-0.15, -0.1) is 0 Å². The summed E-state index contributed by atoms with van der Waals surface area (Å²) in [5.41, 5.74) is 5.71. The summed E-state index contributed by atoms with van der Waals surface area (Å²) in [7, 11) is 3.48. The summed E-state index contributed by atoms with van der Waals surface area (Å²) in [5, 5.41) is 13.8. The number of benzene rings is 2. The Morgan fingerprint density at radius 2 is 1.95 bits per heavy atom. The Hall–Kier alpha value is -3.38. The fourth-order valence-corrected chi connectivity index (χ4v) is 7.53. The monoisotopic (exact) mass is 569 g/mol. The molecule has 3 aromatic rings. The van der Waals surface area contributed by atoms with Gasteiger partial charge in [0.2, 0.25) is 0 Å². The van der Waals surface area contributed by atoms with Crippen LogP contribution < -0.4 is 10.1 Å². The number of fused-ring (bicyclic) bond motifs is 1. The number of aromatic nitrogens is 1. The number of H-pyrrole nitrogens is 1. The average Bonchev–Trinajstić information content (AvgIpc) is 3.47. The zero-order valence-electron chi connectivity index (χ0n) is 25.1. The Labute approximate surface area is 249 Å². The van der Waals surface area contributed by atoms with E-state index in [4.69, 9.17) is 9.47 Å². The number of hydrogen-bond donors (Lipinski definition) is 2. The maximum Gasteiger partial charge on any atom is 0.251 e. The molecule has 3 fully saturated rings. The first-order valence-electron chi connectivity index (χ1n) is 15.3. The van der Waals surface area contributed by atoms with E-state index in [1.807, 2.05) is 18.3 Å². The van der Waals surface area contributed by atoms with Crippen LogP contribution in [0.2, 0.25) is 0 Å². The molecule has 2 aliphatic heterocycles. The van der Waals surface area contributed by atoms with Crippen molar-refractivity contribution in [2.45, 2.75) is 45.2 Å². The summed E-state index contributed by atoms with van der Waals surface area (Å²) in [6, 6.07) is 15.2. The highest BCUT2D eigenvalue weighted by atomic mass is 16.5. The van der Waals surface area contributed by atoms with Crippen LogP contribution in [0.3, 0.4) is 0 Å². The number of nitriles is 1. The van der Waals surface area contributed by atoms with Gasteiger partial charge in [-0.25, -0.2) is 0 Å². The second-order valence-corrected chi connectivity index (χ2v) is 12.8. The summed E-state index contributed by atoms with van der Waals surface area (Å²) >= 11 is 0. The van der Waals surface area contributed by atoms with Crippen LogP contribution in [0.25, 0.3) is 10.9 Å². The van der Waals surface area contributed by atoms with Crippen molar-refractivity contribution in [1.82, 2.24) is 20.1 Å². The van der Waals surface area contributed by atoms with Gasteiger partial charge in [-0.2, -0.15) is 5.26 Å². The summed E-state index contributed by atoms with van der Waals surface area (Å²) < 4.78 is 11.0. The van der Waals surface area contributed by atoms with Gasteiger partial charge in [0.05, 0.1) is 19.8 Å². The van der Waals surface area contributed by atoms with E-state index < -0.39 is 0 Å². The van der Waals surface area contributed by atoms with E-state index in [2.05, 4.69) is 57.4 Å². The first-order chi connectivity index (χ1) is 20.4. The molecule has 1 atom stereocenters. The largest absolute Gasteiger partial charge is 0.496 e. The minimum atomic E-state index is -0.0102. The van der Waals surface area contributed by atoms with E-state index in [1.165, 1.54) is 22.1 Å². The van der Waals surface area contributed by atoms with Gasteiger partial charge in [-0.1, -0.05) is 12.1 Å². The van der Waals surface area contributed by atoms with Crippen LogP contribution in [0.15, 0.2) is 42.6 Å². The van der Waals surface area contributed by atoms with Gasteiger partial charge in [-0.05, 0) is 80.0 Å². The van der Waals surface area contributed by atoms with Crippen LogP contribution in [0.5, 0.6) is 5.75 Å². The molecule has 222 valence electrons. The third-order valence-corrected chi connectivity index (χ3v) is 9.98. The van der Waals surface area contributed by atoms with Gasteiger partial charge in [0.1, 0.15) is 5.75 Å². The molecule has 6 rings (SSSR count). The molecule has 2 aromatic carbocycles. The molecule has 1 aliphatic carbocycles. The van der Waals surface area contributed by atoms with Crippen LogP contribution in [-0.4, -0.2) is 74.2 Å². The molecule has 2 N–H and O–H groups in total. The molecule has 0 radical (unpaired) electrons. The van der Waals surface area contributed by atoms with Gasteiger partial charge < -0.3 is 24.7 Å². The number of carbonyl (C=O) groups excluding carboxylic acids is 1. The third kappa shape index (κ3) is 5.66. The first-order valence-corrected chi connectivity index (χ1v) is 15.3. The second-order valence-electron chi connectivity index (χ2n) is 12.8. The zero-order valence-corrected chi connectivity index (χ0v) is 25.1. The number of nitrogens with zero attached hydrogens (tertiary/aromatic N) is 3. The molecule has 1 amide bonds. The van der Waals surface area contributed by atoms with Crippen molar-refractivity contribution >= 4 is 16.8 Å². The third-order valence-electron chi connectivity index (χ3n) is 9.98. The minimum Gasteiger partial charge on any atom is -0.496 e. The van der Waals surface area contributed by atoms with Crippen molar-refractivity contribution in [1.29, 1.82) is 5.26 Å². The van der Waals surface area contributed by atoms with E-state index in [9.17, 15) is 10.1 Å². The first kappa shape index (κ1) is 28.7. The molecule has 42 heavy (non-hydrogen) atoms. The Bertz CT molecular complexity index is 1450. The van der Waals surface area contributed by atoms with Crippen molar-refractivity contribution < 1.29 is 14.3 Å². The van der Waals surface area contributed by atoms with Crippen LogP contribution in [0, 0.1) is 35.5 Å². The van der Waals surface area contributed by atoms with Crippen LogP contribution in [0.1, 0.15) is 58.8 Å². The molecule has 3 aliphatic rings. The molecule has 1 aromatic heterocycles. The van der Waals surface area contributed by atoms with E-state index in [0.29, 0.717) is 18.0 Å². The molecule has 2 saturated heterocycles. The highest BCUT2D eigenvalue weighted by Gasteiger charge is 2.49. The lowest BCUT2D eigenvalue weighted by atomic mass is 9.56. The Kier molecular flexibility index (Phi) is 8.26. The highest BCUT2D eigenvalue weighted by molar-refractivity contribution is 5.94. The molecular weight excluding hydrogens is 526 g/mol. The molecule has 0 bridgehead atoms. The number of nitrogens with one attached hydrogen (secondary N) is 2. The highest BCUT2D eigenvalue weighted by Crippen LogP contribution is 2.56. The summed E-state index contributed by atoms with van der Waals surface area (Å²) in [4.78, 5) is 21.3. The topological polar surface area (TPSA) is 93.6 Å². The second kappa shape index (κ2) is 12.1. The predicted molar refractivity (Wildman–Crippen MR) is 163 cm³/mol. The number of aromatic amines is 1. The predicted octanol–water partition coefficient (Wildman–Crippen LogP) is 5.05. The molecular formula is C34H43N5O3. The number of carbonyl (C=O) groups is 1. The van der Waals surface area contributed by atoms with E-state index in [-0.39, 0.29) is 23.3 Å². The SMILES string of the molecule is COCCN1CC(CNC(=O)c2ccc(C3CC4(CCN3Cc3c(OC)cc(C)c5[nH]ccc35)CC(C#N)C4)cc2)C1. The van der Waals surface area contributed by atoms with Crippen LogP contribution in [-0.2, 0) is 11.3 Å². The quantitative estimate of drug-likeness (QED) is 0.355. The van der Waals surface area contributed by atoms with E-state index in [1.54, 1.807) is 14.2 Å². The Morgan fingerprint density at radius 1 is 1.17 bits per heavy atom. The van der Waals surface area contributed by atoms with Crippen molar-refractivity contribution in [2.75, 3.05) is 53.6 Å². The Balaban J connectivity index is 1.17. The smallest absolute Gasteiger partial charge is 0.251 e. The molecule has 3 heterocycles. The molecule has 1 spiro atoms. The van der Waals surface area contributed by atoms with Crippen molar-refractivity contribution in [3.05, 3.63) is 64.8 Å². The lowest BCUT2D eigenvalue weighted by Gasteiger charge is -2.53. The summed E-state index contributed by atoms with van der Waals surface area (Å²) in [6.07, 6.45) is 6.13. The lowest BCUT2D eigenvalue weighted by Crippen LogP contribution is -2.52. The molecule has 8 nitrogen and oxygen atoms in total. The van der Waals surface area contributed by atoms with Crippen molar-refractivity contribution in [2.24, 2.45) is 17.3 Å². The van der Waals surface area contributed by atoms with Gasteiger partial charge in [0.15, 0.2) is 0 Å². The molecule has 1 saturated carbocycles. The zero-order chi connectivity index (χ0) is 29.3. The van der Waals surface area contributed by atoms with Gasteiger partial charge in [0, 0.05) is 85.9 Å². The lowest BCUT2D eigenvalue weighted by molar-refractivity contribution is -0.0298. The van der Waals surface area contributed by atoms with Gasteiger partial charge >= 0.3 is 0 Å². The van der Waals surface area contributed by atoms with Crippen molar-refractivity contribution in [3.63, 3.8) is 0 Å². The summed E-state index contributed by atoms with van der Waals surface area (Å²) in [5.74, 6) is 1.60. The normalized spacial score (nSPS) is 24.7. The standard InChI is InChI=1S/C34H43N5O3/c1-23-14-31(42-3)29(28-8-10-36-32(23)28)22-39-11-9-34(15-24(16-34)18-35)17-30(39)26-4-6-27(7-5-26)33(40)37-19-25-20-38(21-25)12-13-41-2/h4-8,10,14,24-25,30,36H,9,11-13,15-17,19-22H2,1-3H3,(H,37,40). The average molecular weight is 570 g/mol. The number of piperidine rings is 1. The number of ether oxygens (including phenoxy) is 2. The van der Waals surface area contributed by atoms with Crippen molar-refractivity contribution in [3.8, 4) is 11.8 Å². The maximum atomic E-state index is 13.0. The molecule has 1 unspecified atom stereocenters. The van der Waals surface area contributed by atoms with Gasteiger partial charge in [0.25, 0.3) is 5.91 Å². The van der Waals surface area contributed by atoms with Crippen LogP contribution in [0.4, 0.5) is 0 Å². The fraction of sp³-hybridized carbons (Fsp3) is 0.529. The van der Waals surface area contributed by atoms with Crippen LogP contribution >= 0.6 is 0 Å². The molecule has 8 heteroatoms. The summed E-state index contributed by atoms with van der Waals surface area (Å²) in [6.45, 7) is 8.29. The van der Waals surface area contributed by atoms with E-state index in [0.717, 1.165) is 76.3 Å². The minimum absolute atomic E-state index is 0.0102. The number of hydrogen-bond acceptors (Lipinski definition) is 6. The number of amides is 1. The Morgan fingerprint density at radius 3 is 2.67 bits per heavy atom. The van der Waals surface area contributed by atoms with E-state index >= 15 is 0 Å². The number of methoxy groups -OCH3 is 2. The number of aryl methyl sites for hydroxylation is 1. The van der Waals surface area contributed by atoms with Gasteiger partial charge in [-0.3, -0.25) is 9.69 Å².